The Morgan fingerprint density at radius 1 is 1.14 bits per heavy atom. The minimum Gasteiger partial charge on any atom is -0.493 e. The summed E-state index contributed by atoms with van der Waals surface area (Å²) in [6.45, 7) is 2.52. The van der Waals surface area contributed by atoms with Crippen LogP contribution in [-0.4, -0.2) is 42.6 Å². The number of ether oxygens (including phenoxy) is 2. The molecule has 3 rings (SSSR count). The van der Waals surface area contributed by atoms with E-state index in [-0.39, 0.29) is 12.3 Å². The van der Waals surface area contributed by atoms with Crippen molar-refractivity contribution in [2.45, 2.75) is 38.6 Å². The predicted octanol–water partition coefficient (Wildman–Crippen LogP) is 3.55. The monoisotopic (exact) mass is 397 g/mol. The van der Waals surface area contributed by atoms with Crippen LogP contribution in [0, 0.1) is 6.92 Å². The highest BCUT2D eigenvalue weighted by Gasteiger charge is 2.33. The molecule has 0 radical (unpaired) electrons. The summed E-state index contributed by atoms with van der Waals surface area (Å²) >= 11 is 0. The summed E-state index contributed by atoms with van der Waals surface area (Å²) in [5, 5.41) is 9.47. The fraction of sp³-hybridized carbons (Fsp3) is 0.391. The van der Waals surface area contributed by atoms with E-state index in [4.69, 9.17) is 9.47 Å². The molecule has 1 atom stereocenters. The quantitative estimate of drug-likeness (QED) is 0.773. The van der Waals surface area contributed by atoms with Crippen LogP contribution in [0.4, 0.5) is 0 Å². The van der Waals surface area contributed by atoms with Crippen molar-refractivity contribution in [2.24, 2.45) is 0 Å². The Bertz CT molecular complexity index is 908. The average Bonchev–Trinajstić information content (AvgIpc) is 2.71. The van der Waals surface area contributed by atoms with Gasteiger partial charge in [0.05, 0.1) is 26.7 Å². The highest BCUT2D eigenvalue weighted by molar-refractivity contribution is 5.79. The molecule has 6 nitrogen and oxygen atoms in total. The van der Waals surface area contributed by atoms with E-state index in [9.17, 15) is 14.7 Å². The van der Waals surface area contributed by atoms with Gasteiger partial charge in [0.2, 0.25) is 5.91 Å². The van der Waals surface area contributed by atoms with E-state index in [2.05, 4.69) is 0 Å². The van der Waals surface area contributed by atoms with Crippen molar-refractivity contribution in [1.29, 1.82) is 0 Å². The first kappa shape index (κ1) is 20.7. The van der Waals surface area contributed by atoms with Crippen LogP contribution in [0.2, 0.25) is 0 Å². The van der Waals surface area contributed by atoms with Crippen molar-refractivity contribution in [1.82, 2.24) is 4.90 Å². The summed E-state index contributed by atoms with van der Waals surface area (Å²) in [6.07, 6.45) is 1.50. The second-order valence-corrected chi connectivity index (χ2v) is 7.28. The lowest BCUT2D eigenvalue weighted by Crippen LogP contribution is -2.41. The van der Waals surface area contributed by atoms with Crippen LogP contribution in [0.3, 0.4) is 0 Å². The van der Waals surface area contributed by atoms with Crippen molar-refractivity contribution in [3.8, 4) is 11.5 Å². The highest BCUT2D eigenvalue weighted by Crippen LogP contribution is 2.39. The van der Waals surface area contributed by atoms with Crippen LogP contribution in [0.25, 0.3) is 0 Å². The Morgan fingerprint density at radius 3 is 2.48 bits per heavy atom. The smallest absolute Gasteiger partial charge is 0.305 e. The first-order chi connectivity index (χ1) is 13.9. The molecular formula is C23H27NO5. The zero-order chi connectivity index (χ0) is 21.0. The third-order valence-electron chi connectivity index (χ3n) is 5.56. The number of nitrogens with zero attached hydrogens (tertiary/aromatic N) is 1. The minimum absolute atomic E-state index is 0.0278. The van der Waals surface area contributed by atoms with Crippen LogP contribution < -0.4 is 9.47 Å². The maximum absolute atomic E-state index is 13.0. The van der Waals surface area contributed by atoms with Crippen LogP contribution in [-0.2, 0) is 22.4 Å². The molecule has 154 valence electrons. The number of hydrogen-bond donors (Lipinski definition) is 1. The molecule has 0 bridgehead atoms. The van der Waals surface area contributed by atoms with Crippen LogP contribution in [0.15, 0.2) is 36.4 Å². The van der Waals surface area contributed by atoms with Crippen molar-refractivity contribution in [3.63, 3.8) is 0 Å². The number of fused-ring (bicyclic) bond motifs is 1. The maximum Gasteiger partial charge on any atom is 0.305 e. The van der Waals surface area contributed by atoms with Crippen LogP contribution in [0.5, 0.6) is 11.5 Å². The van der Waals surface area contributed by atoms with Gasteiger partial charge in [-0.15, -0.1) is 0 Å². The molecule has 1 unspecified atom stereocenters. The summed E-state index contributed by atoms with van der Waals surface area (Å²) in [5.41, 5.74) is 4.11. The molecule has 2 aromatic rings. The number of carbonyl (C=O) groups excluding carboxylic acids is 1. The molecule has 0 saturated carbocycles. The van der Waals surface area contributed by atoms with E-state index in [1.54, 1.807) is 19.1 Å². The van der Waals surface area contributed by atoms with Gasteiger partial charge in [0.25, 0.3) is 0 Å². The van der Waals surface area contributed by atoms with Gasteiger partial charge in [0, 0.05) is 13.0 Å². The highest BCUT2D eigenvalue weighted by atomic mass is 16.5. The zero-order valence-electron chi connectivity index (χ0n) is 17.1. The van der Waals surface area contributed by atoms with Crippen molar-refractivity contribution >= 4 is 11.9 Å². The first-order valence-electron chi connectivity index (χ1n) is 9.75. The molecule has 2 aromatic carbocycles. The molecule has 0 aromatic heterocycles. The summed E-state index contributed by atoms with van der Waals surface area (Å²) < 4.78 is 10.8. The number of aliphatic carboxylic acids is 1. The van der Waals surface area contributed by atoms with E-state index in [0.717, 1.165) is 22.3 Å². The van der Waals surface area contributed by atoms with Gasteiger partial charge in [-0.3, -0.25) is 9.59 Å². The van der Waals surface area contributed by atoms with E-state index in [1.165, 1.54) is 0 Å². The van der Waals surface area contributed by atoms with Crippen molar-refractivity contribution in [3.05, 3.63) is 58.7 Å². The van der Waals surface area contributed by atoms with Gasteiger partial charge >= 0.3 is 5.97 Å². The van der Waals surface area contributed by atoms with Crippen molar-refractivity contribution in [2.75, 3.05) is 20.8 Å². The van der Waals surface area contributed by atoms with E-state index in [0.29, 0.717) is 37.3 Å². The van der Waals surface area contributed by atoms with E-state index < -0.39 is 12.0 Å². The largest absolute Gasteiger partial charge is 0.493 e. The molecule has 0 fully saturated rings. The molecular weight excluding hydrogens is 370 g/mol. The number of carboxylic acid groups (broad SMARTS) is 1. The minimum atomic E-state index is -0.936. The Morgan fingerprint density at radius 2 is 1.83 bits per heavy atom. The molecule has 1 heterocycles. The zero-order valence-corrected chi connectivity index (χ0v) is 17.1. The standard InChI is InChI=1S/C23H27NO5/c1-15-6-4-5-7-16(15)8-9-22(25)24-11-10-17-12-20(28-2)21(29-3)13-18(17)19(24)14-23(26)27/h4-7,12-13,19H,8-11,14H2,1-3H3,(H,26,27). The van der Waals surface area contributed by atoms with Gasteiger partial charge in [-0.1, -0.05) is 24.3 Å². The average molecular weight is 397 g/mol. The maximum atomic E-state index is 13.0. The summed E-state index contributed by atoms with van der Waals surface area (Å²) in [4.78, 5) is 26.3. The molecule has 29 heavy (non-hydrogen) atoms. The third-order valence-corrected chi connectivity index (χ3v) is 5.56. The molecule has 1 aliphatic rings. The number of rotatable bonds is 7. The third kappa shape index (κ3) is 4.53. The Kier molecular flexibility index (Phi) is 6.42. The Labute approximate surface area is 171 Å². The van der Waals surface area contributed by atoms with Gasteiger partial charge in [-0.05, 0) is 54.2 Å². The van der Waals surface area contributed by atoms with Crippen LogP contribution in [0.1, 0.15) is 41.1 Å². The Balaban J connectivity index is 1.86. The van der Waals surface area contributed by atoms with Gasteiger partial charge in [0.15, 0.2) is 11.5 Å². The predicted molar refractivity (Wildman–Crippen MR) is 109 cm³/mol. The van der Waals surface area contributed by atoms with Crippen LogP contribution >= 0.6 is 0 Å². The number of benzene rings is 2. The summed E-state index contributed by atoms with van der Waals surface area (Å²) in [7, 11) is 3.12. The van der Waals surface area contributed by atoms with Gasteiger partial charge in [0.1, 0.15) is 0 Å². The molecule has 1 aliphatic heterocycles. The lowest BCUT2D eigenvalue weighted by atomic mass is 9.89. The molecule has 0 aliphatic carbocycles. The second kappa shape index (κ2) is 8.99. The molecule has 1 N–H and O–H groups in total. The van der Waals surface area contributed by atoms with E-state index >= 15 is 0 Å². The normalized spacial score (nSPS) is 15.6. The van der Waals surface area contributed by atoms with E-state index in [1.807, 2.05) is 43.3 Å². The van der Waals surface area contributed by atoms with Crippen molar-refractivity contribution < 1.29 is 24.2 Å². The number of methoxy groups -OCH3 is 2. The fourth-order valence-electron chi connectivity index (χ4n) is 3.99. The number of carboxylic acids is 1. The Hall–Kier alpha value is -3.02. The number of hydrogen-bond acceptors (Lipinski definition) is 4. The lowest BCUT2D eigenvalue weighted by molar-refractivity contribution is -0.141. The molecule has 0 saturated heterocycles. The number of amides is 1. The SMILES string of the molecule is COc1cc2c(cc1OC)C(CC(=O)O)N(C(=O)CCc1ccccc1C)CC2. The first-order valence-corrected chi connectivity index (χ1v) is 9.75. The fourth-order valence-corrected chi connectivity index (χ4v) is 3.99. The molecule has 1 amide bonds. The lowest BCUT2D eigenvalue weighted by Gasteiger charge is -2.37. The molecule has 6 heteroatoms. The molecule has 0 spiro atoms. The second-order valence-electron chi connectivity index (χ2n) is 7.28. The number of aryl methyl sites for hydroxylation is 2. The van der Waals surface area contributed by atoms with Gasteiger partial charge in [-0.25, -0.2) is 0 Å². The number of carbonyl (C=O) groups is 2. The van der Waals surface area contributed by atoms with Gasteiger partial charge < -0.3 is 19.5 Å². The topological polar surface area (TPSA) is 76.1 Å². The summed E-state index contributed by atoms with van der Waals surface area (Å²) in [6, 6.07) is 11.2. The summed E-state index contributed by atoms with van der Waals surface area (Å²) in [5.74, 6) is 0.185. The van der Waals surface area contributed by atoms with Gasteiger partial charge in [-0.2, -0.15) is 0 Å².